The number of fused-ring (bicyclic) bond motifs is 1. The number of pyridine rings is 1. The van der Waals surface area contributed by atoms with Crippen LogP contribution in [-0.2, 0) is 11.8 Å². The predicted molar refractivity (Wildman–Crippen MR) is 73.2 cm³/mol. The zero-order chi connectivity index (χ0) is 13.0. The maximum Gasteiger partial charge on any atom is 0.0679 e. The maximum atomic E-state index is 6.08. The van der Waals surface area contributed by atoms with E-state index >= 15 is 0 Å². The Morgan fingerprint density at radius 2 is 2.26 bits per heavy atom. The lowest BCUT2D eigenvalue weighted by Gasteiger charge is -2.09. The molecule has 0 saturated heterocycles. The van der Waals surface area contributed by atoms with E-state index in [1.54, 1.807) is 0 Å². The molecule has 2 aliphatic rings. The lowest BCUT2D eigenvalue weighted by molar-refractivity contribution is 0.691. The molecule has 19 heavy (non-hydrogen) atoms. The molecule has 98 valence electrons. The van der Waals surface area contributed by atoms with Crippen molar-refractivity contribution in [3.8, 4) is 5.69 Å². The topological polar surface area (TPSA) is 56.7 Å². The van der Waals surface area contributed by atoms with E-state index in [1.807, 2.05) is 16.9 Å². The normalized spacial score (nSPS) is 23.4. The Bertz CT molecular complexity index is 639. The van der Waals surface area contributed by atoms with Gasteiger partial charge in [-0.05, 0) is 37.8 Å². The third kappa shape index (κ3) is 1.70. The van der Waals surface area contributed by atoms with Crippen LogP contribution in [0.25, 0.3) is 5.69 Å². The van der Waals surface area contributed by atoms with Crippen LogP contribution in [0.2, 0.25) is 0 Å². The summed E-state index contributed by atoms with van der Waals surface area (Å²) in [5, 5.41) is 4.66. The van der Waals surface area contributed by atoms with Gasteiger partial charge in [-0.3, -0.25) is 4.98 Å². The summed E-state index contributed by atoms with van der Waals surface area (Å²) in [5.41, 5.74) is 11.0. The molecular weight excluding hydrogens is 236 g/mol. The molecule has 2 heterocycles. The first-order chi connectivity index (χ1) is 9.16. The lowest BCUT2D eigenvalue weighted by Crippen LogP contribution is -2.07. The largest absolute Gasteiger partial charge is 0.324 e. The Morgan fingerprint density at radius 1 is 1.42 bits per heavy atom. The summed E-state index contributed by atoms with van der Waals surface area (Å²) in [6, 6.07) is 4.34. The molecular formula is C15H18N4. The van der Waals surface area contributed by atoms with Gasteiger partial charge in [0.05, 0.1) is 11.4 Å². The zero-order valence-corrected chi connectivity index (χ0v) is 11.1. The standard InChI is InChI=1S/C15H18N4/c1-15(5-6-15)14-8-10(4-7-17-14)19-9-11-12(16)2-3-13(11)18-19/h4,7-9,12H,2-3,5-6,16H2,1H3. The van der Waals surface area contributed by atoms with Gasteiger partial charge in [0, 0.05) is 35.1 Å². The van der Waals surface area contributed by atoms with Crippen LogP contribution in [0, 0.1) is 0 Å². The zero-order valence-electron chi connectivity index (χ0n) is 11.1. The van der Waals surface area contributed by atoms with Gasteiger partial charge in [0.15, 0.2) is 0 Å². The van der Waals surface area contributed by atoms with Crippen LogP contribution >= 0.6 is 0 Å². The highest BCUT2D eigenvalue weighted by Crippen LogP contribution is 2.46. The molecule has 4 rings (SSSR count). The maximum absolute atomic E-state index is 6.08. The fourth-order valence-corrected chi connectivity index (χ4v) is 2.84. The molecule has 2 aliphatic carbocycles. The van der Waals surface area contributed by atoms with E-state index in [-0.39, 0.29) is 6.04 Å². The number of aryl methyl sites for hydroxylation is 1. The molecule has 0 bridgehead atoms. The van der Waals surface area contributed by atoms with Crippen LogP contribution in [0.1, 0.15) is 49.2 Å². The van der Waals surface area contributed by atoms with Crippen molar-refractivity contribution in [1.29, 1.82) is 0 Å². The molecule has 2 aromatic heterocycles. The van der Waals surface area contributed by atoms with Crippen LogP contribution in [-0.4, -0.2) is 14.8 Å². The molecule has 0 radical (unpaired) electrons. The molecule has 0 aromatic carbocycles. The van der Waals surface area contributed by atoms with Crippen LogP contribution < -0.4 is 5.73 Å². The molecule has 0 aliphatic heterocycles. The van der Waals surface area contributed by atoms with Gasteiger partial charge in [0.2, 0.25) is 0 Å². The first-order valence-electron chi connectivity index (χ1n) is 6.97. The van der Waals surface area contributed by atoms with E-state index < -0.39 is 0 Å². The highest BCUT2D eigenvalue weighted by molar-refractivity contribution is 5.38. The Labute approximate surface area is 112 Å². The molecule has 2 N–H and O–H groups in total. The smallest absolute Gasteiger partial charge is 0.0679 e. The Balaban J connectivity index is 1.74. The van der Waals surface area contributed by atoms with Crippen LogP contribution in [0.3, 0.4) is 0 Å². The van der Waals surface area contributed by atoms with Gasteiger partial charge in [-0.15, -0.1) is 0 Å². The second-order valence-electron chi connectivity index (χ2n) is 6.08. The number of aromatic nitrogens is 3. The minimum absolute atomic E-state index is 0.158. The fraction of sp³-hybridized carbons (Fsp3) is 0.467. The molecule has 1 fully saturated rings. The Morgan fingerprint density at radius 3 is 3.00 bits per heavy atom. The van der Waals surface area contributed by atoms with E-state index in [0.717, 1.165) is 24.2 Å². The number of nitrogens with zero attached hydrogens (tertiary/aromatic N) is 3. The van der Waals surface area contributed by atoms with Crippen molar-refractivity contribution >= 4 is 0 Å². The lowest BCUT2D eigenvalue weighted by atomic mass is 10.0. The van der Waals surface area contributed by atoms with Crippen LogP contribution in [0.5, 0.6) is 0 Å². The summed E-state index contributed by atoms with van der Waals surface area (Å²) < 4.78 is 1.96. The van der Waals surface area contributed by atoms with E-state index in [4.69, 9.17) is 5.73 Å². The van der Waals surface area contributed by atoms with Gasteiger partial charge in [-0.25, -0.2) is 4.68 Å². The van der Waals surface area contributed by atoms with Crippen molar-refractivity contribution in [3.63, 3.8) is 0 Å². The fourth-order valence-electron chi connectivity index (χ4n) is 2.84. The van der Waals surface area contributed by atoms with Gasteiger partial charge >= 0.3 is 0 Å². The second kappa shape index (κ2) is 3.67. The van der Waals surface area contributed by atoms with Crippen molar-refractivity contribution in [3.05, 3.63) is 41.5 Å². The Kier molecular flexibility index (Phi) is 2.16. The van der Waals surface area contributed by atoms with Gasteiger partial charge < -0.3 is 5.73 Å². The average molecular weight is 254 g/mol. The van der Waals surface area contributed by atoms with Gasteiger partial charge in [0.1, 0.15) is 0 Å². The molecule has 4 nitrogen and oxygen atoms in total. The summed E-state index contributed by atoms with van der Waals surface area (Å²) in [6.07, 6.45) is 8.48. The summed E-state index contributed by atoms with van der Waals surface area (Å²) in [6.45, 7) is 2.28. The monoisotopic (exact) mass is 254 g/mol. The van der Waals surface area contributed by atoms with E-state index in [9.17, 15) is 0 Å². The average Bonchev–Trinajstić information content (AvgIpc) is 2.90. The van der Waals surface area contributed by atoms with E-state index in [0.29, 0.717) is 5.41 Å². The molecule has 1 atom stereocenters. The quantitative estimate of drug-likeness (QED) is 0.894. The van der Waals surface area contributed by atoms with Gasteiger partial charge in [-0.2, -0.15) is 5.10 Å². The molecule has 1 unspecified atom stereocenters. The first-order valence-corrected chi connectivity index (χ1v) is 6.97. The van der Waals surface area contributed by atoms with Crippen LogP contribution in [0.15, 0.2) is 24.5 Å². The highest BCUT2D eigenvalue weighted by atomic mass is 15.3. The summed E-state index contributed by atoms with van der Waals surface area (Å²) in [7, 11) is 0. The third-order valence-corrected chi connectivity index (χ3v) is 4.54. The summed E-state index contributed by atoms with van der Waals surface area (Å²) >= 11 is 0. The molecule has 2 aromatic rings. The van der Waals surface area contributed by atoms with Crippen molar-refractivity contribution < 1.29 is 0 Å². The van der Waals surface area contributed by atoms with Gasteiger partial charge in [0.25, 0.3) is 0 Å². The second-order valence-corrected chi connectivity index (χ2v) is 6.08. The minimum atomic E-state index is 0.158. The van der Waals surface area contributed by atoms with Crippen LogP contribution in [0.4, 0.5) is 0 Å². The van der Waals surface area contributed by atoms with Crippen molar-refractivity contribution in [1.82, 2.24) is 14.8 Å². The number of hydrogen-bond acceptors (Lipinski definition) is 3. The highest BCUT2D eigenvalue weighted by Gasteiger charge is 2.40. The summed E-state index contributed by atoms with van der Waals surface area (Å²) in [4.78, 5) is 4.51. The van der Waals surface area contributed by atoms with Crippen molar-refractivity contribution in [2.45, 2.75) is 44.1 Å². The molecule has 1 saturated carbocycles. The predicted octanol–water partition coefficient (Wildman–Crippen LogP) is 2.26. The molecule has 4 heteroatoms. The number of rotatable bonds is 2. The SMILES string of the molecule is CC1(c2cc(-n3cc4c(n3)CCC4N)ccn2)CC1. The van der Waals surface area contributed by atoms with Crippen molar-refractivity contribution in [2.75, 3.05) is 0 Å². The summed E-state index contributed by atoms with van der Waals surface area (Å²) in [5.74, 6) is 0. The van der Waals surface area contributed by atoms with E-state index in [2.05, 4.69) is 29.3 Å². The Hall–Kier alpha value is -1.68. The minimum Gasteiger partial charge on any atom is -0.324 e. The number of nitrogens with two attached hydrogens (primary N) is 1. The molecule has 0 amide bonds. The number of hydrogen-bond donors (Lipinski definition) is 1. The molecule has 0 spiro atoms. The van der Waals surface area contributed by atoms with E-state index in [1.165, 1.54) is 24.1 Å². The van der Waals surface area contributed by atoms with Crippen molar-refractivity contribution in [2.24, 2.45) is 5.73 Å². The first kappa shape index (κ1) is 11.2. The van der Waals surface area contributed by atoms with Gasteiger partial charge in [-0.1, -0.05) is 6.92 Å². The third-order valence-electron chi connectivity index (χ3n) is 4.54.